The second-order valence-electron chi connectivity index (χ2n) is 5.23. The van der Waals surface area contributed by atoms with Gasteiger partial charge in [-0.15, -0.1) is 0 Å². The fraction of sp³-hybridized carbons (Fsp3) is 0.286. The maximum absolute atomic E-state index is 12.6. The van der Waals surface area contributed by atoms with Gasteiger partial charge < -0.3 is 5.11 Å². The summed E-state index contributed by atoms with van der Waals surface area (Å²) in [6.07, 6.45) is 0. The van der Waals surface area contributed by atoms with E-state index in [2.05, 4.69) is 0 Å². The number of aliphatic carboxylic acids is 1. The first-order valence-electron chi connectivity index (χ1n) is 6.70. The summed E-state index contributed by atoms with van der Waals surface area (Å²) in [6, 6.07) is 4.37. The Bertz CT molecular complexity index is 908. The molecular weight excluding hydrogens is 326 g/mol. The molecule has 0 radical (unpaired) electrons. The molecule has 1 aromatic carbocycles. The Morgan fingerprint density at radius 2 is 1.70 bits per heavy atom. The number of carboxylic acids is 1. The summed E-state index contributed by atoms with van der Waals surface area (Å²) in [5, 5.41) is 9.70. The van der Waals surface area contributed by atoms with Gasteiger partial charge in [0.2, 0.25) is 0 Å². The van der Waals surface area contributed by atoms with E-state index in [1.54, 1.807) is 13.8 Å². The van der Waals surface area contributed by atoms with Crippen molar-refractivity contribution in [3.63, 3.8) is 0 Å². The Kier molecular flexibility index (Phi) is 4.55. The highest BCUT2D eigenvalue weighted by Gasteiger charge is 2.28. The molecule has 9 heteroatoms. The first-order valence-corrected chi connectivity index (χ1v) is 7.08. The van der Waals surface area contributed by atoms with Crippen LogP contribution in [0.4, 0.5) is 0 Å². The molecule has 122 valence electrons. The van der Waals surface area contributed by atoms with Crippen LogP contribution in [0.5, 0.6) is 0 Å². The first-order chi connectivity index (χ1) is 10.7. The number of carbonyl (C=O) groups is 1. The van der Waals surface area contributed by atoms with E-state index in [9.17, 15) is 24.3 Å². The molecule has 0 bridgehead atoms. The third-order valence-electron chi connectivity index (χ3n) is 3.28. The van der Waals surface area contributed by atoms with Gasteiger partial charge in [0.05, 0.1) is 5.69 Å². The lowest BCUT2D eigenvalue weighted by Crippen LogP contribution is -2.52. The Hall–Kier alpha value is -2.61. The minimum absolute atomic E-state index is 0.169. The average Bonchev–Trinajstić information content (AvgIpc) is 2.44. The third kappa shape index (κ3) is 3.11. The molecule has 2 rings (SSSR count). The summed E-state index contributed by atoms with van der Waals surface area (Å²) in [5.41, 5.74) is -2.87. The number of hydrogen-bond donors (Lipinski definition) is 2. The molecular formula is C14H14ClN3O5. The summed E-state index contributed by atoms with van der Waals surface area (Å²) in [6.45, 7) is 3.12. The topological polar surface area (TPSA) is 114 Å². The molecule has 8 nitrogen and oxygen atoms in total. The number of H-pyrrole nitrogens is 1. The van der Waals surface area contributed by atoms with Gasteiger partial charge in [-0.2, -0.15) is 0 Å². The molecule has 23 heavy (non-hydrogen) atoms. The number of carboxylic acid groups (broad SMARTS) is 1. The minimum atomic E-state index is -1.40. The van der Waals surface area contributed by atoms with Crippen molar-refractivity contribution in [1.82, 2.24) is 14.1 Å². The van der Waals surface area contributed by atoms with Gasteiger partial charge in [-0.1, -0.05) is 25.4 Å². The molecule has 0 aliphatic heterocycles. The van der Waals surface area contributed by atoms with Gasteiger partial charge in [0.15, 0.2) is 0 Å². The number of nitrogens with zero attached hydrogens (tertiary/aromatic N) is 2. The molecule has 0 aliphatic carbocycles. The molecule has 0 unspecified atom stereocenters. The van der Waals surface area contributed by atoms with Crippen LogP contribution in [0.1, 0.15) is 19.9 Å². The second kappa shape index (κ2) is 6.25. The smallest absolute Gasteiger partial charge is 0.341 e. The molecule has 1 atom stereocenters. The Labute approximate surface area is 134 Å². The highest BCUT2D eigenvalue weighted by Crippen LogP contribution is 2.14. The van der Waals surface area contributed by atoms with Crippen LogP contribution in [0, 0.1) is 5.92 Å². The molecule has 0 spiro atoms. The third-order valence-corrected chi connectivity index (χ3v) is 3.53. The van der Waals surface area contributed by atoms with Crippen molar-refractivity contribution < 1.29 is 9.90 Å². The lowest BCUT2D eigenvalue weighted by Gasteiger charge is -2.18. The summed E-state index contributed by atoms with van der Waals surface area (Å²) < 4.78 is 1.22. The predicted molar refractivity (Wildman–Crippen MR) is 83.4 cm³/mol. The fourth-order valence-corrected chi connectivity index (χ4v) is 2.37. The van der Waals surface area contributed by atoms with Gasteiger partial charge in [0.25, 0.3) is 0 Å². The minimum Gasteiger partial charge on any atom is -0.480 e. The zero-order valence-electron chi connectivity index (χ0n) is 12.3. The van der Waals surface area contributed by atoms with Gasteiger partial charge in [0, 0.05) is 5.02 Å². The number of nitrogens with one attached hydrogen (secondary N) is 1. The van der Waals surface area contributed by atoms with E-state index in [1.807, 2.05) is 4.98 Å². The maximum Gasteiger partial charge on any atom is 0.341 e. The number of aromatic nitrogens is 3. The predicted octanol–water partition coefficient (Wildman–Crippen LogP) is 0.623. The van der Waals surface area contributed by atoms with Crippen molar-refractivity contribution >= 4 is 17.6 Å². The SMILES string of the molecule is CC(C)[C@@H](C(=O)O)n1c(=O)[nH]c(=O)n(-c2ccc(Cl)cc2)c1=O. The van der Waals surface area contributed by atoms with Crippen LogP contribution in [-0.2, 0) is 4.79 Å². The number of benzene rings is 1. The molecule has 1 aromatic heterocycles. The quantitative estimate of drug-likeness (QED) is 0.847. The van der Waals surface area contributed by atoms with E-state index in [1.165, 1.54) is 24.3 Å². The van der Waals surface area contributed by atoms with E-state index >= 15 is 0 Å². The van der Waals surface area contributed by atoms with Crippen LogP contribution in [-0.4, -0.2) is 25.2 Å². The molecule has 0 amide bonds. The summed E-state index contributed by atoms with van der Waals surface area (Å²) in [7, 11) is 0. The van der Waals surface area contributed by atoms with Gasteiger partial charge >= 0.3 is 23.0 Å². The molecule has 2 aromatic rings. The molecule has 1 heterocycles. The van der Waals surface area contributed by atoms with Gasteiger partial charge in [-0.3, -0.25) is 4.98 Å². The lowest BCUT2D eigenvalue weighted by molar-refractivity contribution is -0.142. The van der Waals surface area contributed by atoms with Crippen LogP contribution in [0.15, 0.2) is 38.6 Å². The van der Waals surface area contributed by atoms with Crippen LogP contribution in [0.25, 0.3) is 5.69 Å². The lowest BCUT2D eigenvalue weighted by atomic mass is 10.0. The van der Waals surface area contributed by atoms with Crippen LogP contribution in [0.2, 0.25) is 5.02 Å². The number of rotatable bonds is 4. The molecule has 2 N–H and O–H groups in total. The summed E-state index contributed by atoms with van der Waals surface area (Å²) in [5.74, 6) is -1.88. The summed E-state index contributed by atoms with van der Waals surface area (Å²) >= 11 is 5.76. The van der Waals surface area contributed by atoms with E-state index in [0.717, 1.165) is 0 Å². The average molecular weight is 340 g/mol. The van der Waals surface area contributed by atoms with Gasteiger partial charge in [0.1, 0.15) is 6.04 Å². The van der Waals surface area contributed by atoms with E-state index in [-0.39, 0.29) is 5.69 Å². The second-order valence-corrected chi connectivity index (χ2v) is 5.66. The molecule has 0 fully saturated rings. The monoisotopic (exact) mass is 339 g/mol. The van der Waals surface area contributed by atoms with Crippen molar-refractivity contribution in [1.29, 1.82) is 0 Å². The van der Waals surface area contributed by atoms with Crippen molar-refractivity contribution in [2.75, 3.05) is 0 Å². The Morgan fingerprint density at radius 1 is 1.13 bits per heavy atom. The number of hydrogen-bond acceptors (Lipinski definition) is 4. The Balaban J connectivity index is 2.82. The normalized spacial score (nSPS) is 12.3. The van der Waals surface area contributed by atoms with E-state index < -0.39 is 35.0 Å². The van der Waals surface area contributed by atoms with Crippen molar-refractivity contribution in [3.8, 4) is 5.69 Å². The highest BCUT2D eigenvalue weighted by molar-refractivity contribution is 6.30. The Morgan fingerprint density at radius 3 is 2.17 bits per heavy atom. The van der Waals surface area contributed by atoms with Crippen molar-refractivity contribution in [2.24, 2.45) is 5.92 Å². The first kappa shape index (κ1) is 16.8. The zero-order valence-corrected chi connectivity index (χ0v) is 13.1. The zero-order chi connectivity index (χ0) is 17.3. The fourth-order valence-electron chi connectivity index (χ4n) is 2.25. The standard InChI is InChI=1S/C14H14ClN3O5/c1-7(2)10(11(19)20)18-13(22)16-12(21)17(14(18)23)9-5-3-8(15)4-6-9/h3-7,10H,1-2H3,(H,19,20)(H,16,21,22)/t10-/m0/s1. The largest absolute Gasteiger partial charge is 0.480 e. The summed E-state index contributed by atoms with van der Waals surface area (Å²) in [4.78, 5) is 49.9. The van der Waals surface area contributed by atoms with Crippen LogP contribution >= 0.6 is 11.6 Å². The molecule has 0 saturated heterocycles. The molecule has 0 saturated carbocycles. The van der Waals surface area contributed by atoms with Crippen molar-refractivity contribution in [3.05, 3.63) is 60.7 Å². The van der Waals surface area contributed by atoms with Gasteiger partial charge in [-0.05, 0) is 30.2 Å². The van der Waals surface area contributed by atoms with Gasteiger partial charge in [-0.25, -0.2) is 28.3 Å². The number of aromatic amines is 1. The van der Waals surface area contributed by atoms with E-state index in [0.29, 0.717) is 14.2 Å². The highest BCUT2D eigenvalue weighted by atomic mass is 35.5. The number of halogens is 1. The maximum atomic E-state index is 12.6. The van der Waals surface area contributed by atoms with E-state index in [4.69, 9.17) is 11.6 Å². The van der Waals surface area contributed by atoms with Crippen molar-refractivity contribution in [2.45, 2.75) is 19.9 Å². The van der Waals surface area contributed by atoms with Crippen LogP contribution in [0.3, 0.4) is 0 Å². The molecule has 0 aliphatic rings. The van der Waals surface area contributed by atoms with Crippen LogP contribution < -0.4 is 17.1 Å².